The summed E-state index contributed by atoms with van der Waals surface area (Å²) < 4.78 is 1.09. The fraction of sp³-hybridized carbons (Fsp3) is 0.526. The summed E-state index contributed by atoms with van der Waals surface area (Å²) in [6, 6.07) is 8.90. The van der Waals surface area contributed by atoms with Crippen molar-refractivity contribution in [3.8, 4) is 11.3 Å². The average Bonchev–Trinajstić information content (AvgIpc) is 3.08. The predicted octanol–water partition coefficient (Wildman–Crippen LogP) is 4.19. The Hall–Kier alpha value is -1.17. The molecule has 2 N–H and O–H groups in total. The van der Waals surface area contributed by atoms with E-state index < -0.39 is 0 Å². The summed E-state index contributed by atoms with van der Waals surface area (Å²) in [4.78, 5) is 10.5. The number of nitrogens with zero attached hydrogens (tertiary/aromatic N) is 2. The quantitative estimate of drug-likeness (QED) is 0.744. The molecule has 2 aromatic rings. The first kappa shape index (κ1) is 17.6. The van der Waals surface area contributed by atoms with Gasteiger partial charge >= 0.3 is 0 Å². The number of piperidine rings is 1. The number of hydrogen-bond acceptors (Lipinski definition) is 3. The van der Waals surface area contributed by atoms with E-state index >= 15 is 0 Å². The van der Waals surface area contributed by atoms with E-state index in [-0.39, 0.29) is 0 Å². The van der Waals surface area contributed by atoms with Crippen LogP contribution in [0.5, 0.6) is 0 Å². The Balaban J connectivity index is 1.46. The Bertz CT molecular complexity index is 632. The maximum absolute atomic E-state index is 4.52. The number of rotatable bonds is 7. The lowest BCUT2D eigenvalue weighted by atomic mass is 10.0. The summed E-state index contributed by atoms with van der Waals surface area (Å²) in [6.07, 6.45) is 7.01. The fourth-order valence-corrected chi connectivity index (χ4v) is 3.64. The van der Waals surface area contributed by atoms with Crippen molar-refractivity contribution in [2.45, 2.75) is 45.2 Å². The molecule has 0 amide bonds. The van der Waals surface area contributed by atoms with Crippen molar-refractivity contribution in [1.82, 2.24) is 20.2 Å². The van der Waals surface area contributed by atoms with Crippen molar-refractivity contribution in [2.75, 3.05) is 19.6 Å². The highest BCUT2D eigenvalue weighted by molar-refractivity contribution is 9.10. The van der Waals surface area contributed by atoms with E-state index in [1.807, 2.05) is 18.3 Å². The second kappa shape index (κ2) is 8.79. The summed E-state index contributed by atoms with van der Waals surface area (Å²) in [6.45, 7) is 6.78. The molecule has 3 rings (SSSR count). The molecule has 0 saturated carbocycles. The molecular formula is C19H27BrN4. The van der Waals surface area contributed by atoms with Gasteiger partial charge in [-0.3, -0.25) is 0 Å². The molecule has 4 nitrogen and oxygen atoms in total. The number of aromatic nitrogens is 2. The van der Waals surface area contributed by atoms with Crippen LogP contribution in [0, 0.1) is 0 Å². The molecule has 0 spiro atoms. The molecule has 1 saturated heterocycles. The van der Waals surface area contributed by atoms with Crippen LogP contribution < -0.4 is 5.32 Å². The number of benzene rings is 1. The summed E-state index contributed by atoms with van der Waals surface area (Å²) in [5.41, 5.74) is 2.23. The molecule has 2 heterocycles. The van der Waals surface area contributed by atoms with Crippen molar-refractivity contribution in [1.29, 1.82) is 0 Å². The highest BCUT2D eigenvalue weighted by Crippen LogP contribution is 2.21. The van der Waals surface area contributed by atoms with Gasteiger partial charge < -0.3 is 15.2 Å². The standard InChI is InChI=1S/C19H27BrN4/c1-2-3-9-24-10-7-17(8-11-24)21-14-19-22-13-18(23-19)15-5-4-6-16(20)12-15/h4-6,12-13,17,21H,2-3,7-11,14H2,1H3,(H,22,23). The molecule has 0 unspecified atom stereocenters. The van der Waals surface area contributed by atoms with Gasteiger partial charge in [0.1, 0.15) is 5.82 Å². The summed E-state index contributed by atoms with van der Waals surface area (Å²) >= 11 is 3.52. The molecule has 5 heteroatoms. The molecule has 0 bridgehead atoms. The van der Waals surface area contributed by atoms with E-state index in [0.717, 1.165) is 28.1 Å². The van der Waals surface area contributed by atoms with Crippen molar-refractivity contribution in [2.24, 2.45) is 0 Å². The maximum atomic E-state index is 4.52. The fourth-order valence-electron chi connectivity index (χ4n) is 3.24. The molecule has 130 valence electrons. The average molecular weight is 391 g/mol. The summed E-state index contributed by atoms with van der Waals surface area (Å²) in [5, 5.41) is 3.66. The van der Waals surface area contributed by atoms with Gasteiger partial charge in [-0.05, 0) is 51.0 Å². The summed E-state index contributed by atoms with van der Waals surface area (Å²) in [7, 11) is 0. The molecule has 0 radical (unpaired) electrons. The lowest BCUT2D eigenvalue weighted by Crippen LogP contribution is -2.42. The minimum Gasteiger partial charge on any atom is -0.341 e. The number of imidazole rings is 1. The molecule has 1 aliphatic rings. The Kier molecular flexibility index (Phi) is 6.46. The van der Waals surface area contributed by atoms with Crippen molar-refractivity contribution >= 4 is 15.9 Å². The number of aromatic amines is 1. The minimum atomic E-state index is 0.613. The molecule has 0 aliphatic carbocycles. The molecular weight excluding hydrogens is 364 g/mol. The van der Waals surface area contributed by atoms with E-state index in [9.17, 15) is 0 Å². The van der Waals surface area contributed by atoms with Crippen LogP contribution in [-0.2, 0) is 6.54 Å². The molecule has 1 fully saturated rings. The normalized spacial score (nSPS) is 16.6. The number of likely N-dealkylation sites (tertiary alicyclic amines) is 1. The van der Waals surface area contributed by atoms with Crippen molar-refractivity contribution < 1.29 is 0 Å². The van der Waals surface area contributed by atoms with E-state index in [1.54, 1.807) is 0 Å². The lowest BCUT2D eigenvalue weighted by molar-refractivity contribution is 0.194. The van der Waals surface area contributed by atoms with Crippen LogP contribution in [0.3, 0.4) is 0 Å². The van der Waals surface area contributed by atoms with Crippen LogP contribution in [0.1, 0.15) is 38.4 Å². The molecule has 0 atom stereocenters. The third kappa shape index (κ3) is 4.91. The van der Waals surface area contributed by atoms with Crippen LogP contribution in [0.2, 0.25) is 0 Å². The topological polar surface area (TPSA) is 44.0 Å². The zero-order chi connectivity index (χ0) is 16.8. The number of halogens is 1. The van der Waals surface area contributed by atoms with Gasteiger partial charge in [0.2, 0.25) is 0 Å². The second-order valence-corrected chi connectivity index (χ2v) is 7.52. The Morgan fingerprint density at radius 3 is 2.92 bits per heavy atom. The van der Waals surface area contributed by atoms with E-state index in [1.165, 1.54) is 45.3 Å². The van der Waals surface area contributed by atoms with Gasteiger partial charge in [-0.1, -0.05) is 41.4 Å². The van der Waals surface area contributed by atoms with Gasteiger partial charge in [0.15, 0.2) is 0 Å². The number of hydrogen-bond donors (Lipinski definition) is 2. The van der Waals surface area contributed by atoms with Gasteiger partial charge in [-0.15, -0.1) is 0 Å². The zero-order valence-electron chi connectivity index (χ0n) is 14.4. The maximum Gasteiger partial charge on any atom is 0.120 e. The third-order valence-corrected chi connectivity index (χ3v) is 5.23. The van der Waals surface area contributed by atoms with Crippen LogP contribution >= 0.6 is 15.9 Å². The summed E-state index contributed by atoms with van der Waals surface area (Å²) in [5.74, 6) is 1.01. The van der Waals surface area contributed by atoms with Crippen molar-refractivity contribution in [3.63, 3.8) is 0 Å². The van der Waals surface area contributed by atoms with Crippen LogP contribution in [0.15, 0.2) is 34.9 Å². The van der Waals surface area contributed by atoms with Crippen LogP contribution in [-0.4, -0.2) is 40.5 Å². The smallest absolute Gasteiger partial charge is 0.120 e. The number of nitrogens with one attached hydrogen (secondary N) is 2. The Morgan fingerprint density at radius 2 is 2.17 bits per heavy atom. The van der Waals surface area contributed by atoms with Crippen LogP contribution in [0.25, 0.3) is 11.3 Å². The van der Waals surface area contributed by atoms with Gasteiger partial charge in [0.05, 0.1) is 18.4 Å². The molecule has 1 aliphatic heterocycles. The first-order valence-corrected chi connectivity index (χ1v) is 9.79. The van der Waals surface area contributed by atoms with E-state index in [0.29, 0.717) is 6.04 Å². The first-order valence-electron chi connectivity index (χ1n) is 9.00. The third-order valence-electron chi connectivity index (χ3n) is 4.74. The molecule has 24 heavy (non-hydrogen) atoms. The predicted molar refractivity (Wildman–Crippen MR) is 103 cm³/mol. The largest absolute Gasteiger partial charge is 0.341 e. The SMILES string of the molecule is CCCCN1CCC(NCc2ncc(-c3cccc(Br)c3)[nH]2)CC1. The number of H-pyrrole nitrogens is 1. The first-order chi connectivity index (χ1) is 11.7. The Morgan fingerprint density at radius 1 is 1.33 bits per heavy atom. The van der Waals surface area contributed by atoms with E-state index in [4.69, 9.17) is 0 Å². The van der Waals surface area contributed by atoms with Gasteiger partial charge in [-0.2, -0.15) is 0 Å². The van der Waals surface area contributed by atoms with Gasteiger partial charge in [0.25, 0.3) is 0 Å². The van der Waals surface area contributed by atoms with Gasteiger partial charge in [0, 0.05) is 16.1 Å². The lowest BCUT2D eigenvalue weighted by Gasteiger charge is -2.32. The zero-order valence-corrected chi connectivity index (χ0v) is 16.0. The second-order valence-electron chi connectivity index (χ2n) is 6.60. The van der Waals surface area contributed by atoms with Gasteiger partial charge in [-0.25, -0.2) is 4.98 Å². The minimum absolute atomic E-state index is 0.613. The highest BCUT2D eigenvalue weighted by Gasteiger charge is 2.18. The Labute approximate surface area is 153 Å². The highest BCUT2D eigenvalue weighted by atomic mass is 79.9. The van der Waals surface area contributed by atoms with Crippen LogP contribution in [0.4, 0.5) is 0 Å². The monoisotopic (exact) mass is 390 g/mol. The van der Waals surface area contributed by atoms with Crippen molar-refractivity contribution in [3.05, 3.63) is 40.8 Å². The number of unbranched alkanes of at least 4 members (excludes halogenated alkanes) is 1. The molecule has 1 aromatic heterocycles. The molecule has 1 aromatic carbocycles. The van der Waals surface area contributed by atoms with E-state index in [2.05, 4.69) is 55.2 Å².